The van der Waals surface area contributed by atoms with E-state index in [1.807, 2.05) is 0 Å². The third kappa shape index (κ3) is 3.83. The molecule has 1 aliphatic heterocycles. The highest BCUT2D eigenvalue weighted by molar-refractivity contribution is 7.89. The SMILES string of the molecule is O=[N+]([O-])c1cc(S(=O)(=O)N2CCCC2)ccc1OCc1ccc(F)cc1. The van der Waals surface area contributed by atoms with Crippen LogP contribution in [0.2, 0.25) is 0 Å². The Bertz CT molecular complexity index is 909. The third-order valence-electron chi connectivity index (χ3n) is 4.14. The molecule has 2 aromatic rings. The number of sulfonamides is 1. The summed E-state index contributed by atoms with van der Waals surface area (Å²) in [7, 11) is -3.75. The van der Waals surface area contributed by atoms with Gasteiger partial charge in [0.1, 0.15) is 12.4 Å². The van der Waals surface area contributed by atoms with Crippen molar-refractivity contribution in [1.82, 2.24) is 4.31 Å². The molecule has 0 bridgehead atoms. The highest BCUT2D eigenvalue weighted by Gasteiger charge is 2.29. The quantitative estimate of drug-likeness (QED) is 0.567. The molecule has 0 aromatic heterocycles. The summed E-state index contributed by atoms with van der Waals surface area (Å²) in [6.45, 7) is 0.831. The lowest BCUT2D eigenvalue weighted by Gasteiger charge is -2.16. The van der Waals surface area contributed by atoms with Gasteiger partial charge in [-0.05, 0) is 42.7 Å². The molecule has 3 rings (SSSR count). The highest BCUT2D eigenvalue weighted by atomic mass is 32.2. The number of hydrogen-bond donors (Lipinski definition) is 0. The minimum Gasteiger partial charge on any atom is -0.482 e. The zero-order chi connectivity index (χ0) is 18.7. The summed E-state index contributed by atoms with van der Waals surface area (Å²) >= 11 is 0. The fourth-order valence-electron chi connectivity index (χ4n) is 2.74. The normalized spacial score (nSPS) is 15.1. The van der Waals surface area contributed by atoms with Crippen LogP contribution in [0, 0.1) is 15.9 Å². The van der Waals surface area contributed by atoms with Crippen molar-refractivity contribution in [3.05, 3.63) is 64.0 Å². The minimum atomic E-state index is -3.75. The Morgan fingerprint density at radius 3 is 2.38 bits per heavy atom. The molecular weight excluding hydrogens is 363 g/mol. The van der Waals surface area contributed by atoms with E-state index in [9.17, 15) is 22.9 Å². The molecule has 0 spiro atoms. The molecule has 0 N–H and O–H groups in total. The van der Waals surface area contributed by atoms with Gasteiger partial charge in [-0.25, -0.2) is 12.8 Å². The van der Waals surface area contributed by atoms with Gasteiger partial charge in [0, 0.05) is 19.2 Å². The van der Waals surface area contributed by atoms with Crippen molar-refractivity contribution < 1.29 is 22.5 Å². The summed E-state index contributed by atoms with van der Waals surface area (Å²) in [5.74, 6) is -0.434. The molecular formula is C17H17FN2O5S. The van der Waals surface area contributed by atoms with E-state index in [1.54, 1.807) is 0 Å². The number of benzene rings is 2. The maximum atomic E-state index is 12.9. The first-order valence-corrected chi connectivity index (χ1v) is 9.48. The molecule has 0 atom stereocenters. The molecule has 26 heavy (non-hydrogen) atoms. The van der Waals surface area contributed by atoms with Crippen molar-refractivity contribution in [3.8, 4) is 5.75 Å². The molecule has 138 valence electrons. The van der Waals surface area contributed by atoms with E-state index in [0.717, 1.165) is 18.9 Å². The van der Waals surface area contributed by atoms with E-state index >= 15 is 0 Å². The summed E-state index contributed by atoms with van der Waals surface area (Å²) in [4.78, 5) is 10.5. The monoisotopic (exact) mass is 380 g/mol. The molecule has 0 aliphatic carbocycles. The van der Waals surface area contributed by atoms with Crippen LogP contribution >= 0.6 is 0 Å². The molecule has 0 saturated carbocycles. The van der Waals surface area contributed by atoms with Crippen LogP contribution in [-0.4, -0.2) is 30.7 Å². The average molecular weight is 380 g/mol. The highest BCUT2D eigenvalue weighted by Crippen LogP contribution is 2.32. The van der Waals surface area contributed by atoms with E-state index in [-0.39, 0.29) is 17.3 Å². The maximum absolute atomic E-state index is 12.9. The molecule has 0 radical (unpaired) electrons. The van der Waals surface area contributed by atoms with Gasteiger partial charge in [-0.15, -0.1) is 0 Å². The zero-order valence-corrected chi connectivity index (χ0v) is 14.6. The Morgan fingerprint density at radius 1 is 1.12 bits per heavy atom. The Hall–Kier alpha value is -2.52. The smallest absolute Gasteiger partial charge is 0.312 e. The molecule has 0 unspecified atom stereocenters. The molecule has 0 amide bonds. The third-order valence-corrected chi connectivity index (χ3v) is 6.03. The van der Waals surface area contributed by atoms with Crippen LogP contribution in [0.5, 0.6) is 5.75 Å². The Kier molecular flexibility index (Phi) is 5.19. The summed E-state index contributed by atoms with van der Waals surface area (Å²) < 4.78 is 44.8. The van der Waals surface area contributed by atoms with Gasteiger partial charge in [-0.1, -0.05) is 12.1 Å². The first-order valence-electron chi connectivity index (χ1n) is 8.04. The van der Waals surface area contributed by atoms with Gasteiger partial charge in [-0.2, -0.15) is 4.31 Å². The van der Waals surface area contributed by atoms with Gasteiger partial charge < -0.3 is 4.74 Å². The van der Waals surface area contributed by atoms with Gasteiger partial charge in [0.2, 0.25) is 10.0 Å². The van der Waals surface area contributed by atoms with E-state index in [0.29, 0.717) is 18.7 Å². The molecule has 2 aromatic carbocycles. The summed E-state index contributed by atoms with van der Waals surface area (Å²) in [6.07, 6.45) is 1.56. The summed E-state index contributed by atoms with van der Waals surface area (Å²) in [5, 5.41) is 11.3. The largest absolute Gasteiger partial charge is 0.482 e. The van der Waals surface area contributed by atoms with Crippen LogP contribution in [-0.2, 0) is 16.6 Å². The lowest BCUT2D eigenvalue weighted by Crippen LogP contribution is -2.27. The predicted molar refractivity (Wildman–Crippen MR) is 91.8 cm³/mol. The average Bonchev–Trinajstić information content (AvgIpc) is 3.16. The van der Waals surface area contributed by atoms with Crippen molar-refractivity contribution >= 4 is 15.7 Å². The molecule has 9 heteroatoms. The zero-order valence-electron chi connectivity index (χ0n) is 13.8. The number of hydrogen-bond acceptors (Lipinski definition) is 5. The number of nitrogens with zero attached hydrogens (tertiary/aromatic N) is 2. The fraction of sp³-hybridized carbons (Fsp3) is 0.294. The van der Waals surface area contributed by atoms with Crippen molar-refractivity contribution in [2.24, 2.45) is 0 Å². The fourth-order valence-corrected chi connectivity index (χ4v) is 4.28. The van der Waals surface area contributed by atoms with Gasteiger partial charge in [-0.3, -0.25) is 10.1 Å². The van der Waals surface area contributed by atoms with E-state index in [4.69, 9.17) is 4.74 Å². The second-order valence-corrected chi connectivity index (χ2v) is 7.85. The van der Waals surface area contributed by atoms with Crippen LogP contribution in [0.4, 0.5) is 10.1 Å². The van der Waals surface area contributed by atoms with Gasteiger partial charge in [0.25, 0.3) is 0 Å². The number of ether oxygens (including phenoxy) is 1. The van der Waals surface area contributed by atoms with Crippen LogP contribution < -0.4 is 4.74 Å². The lowest BCUT2D eigenvalue weighted by atomic mass is 10.2. The number of nitro groups is 1. The minimum absolute atomic E-state index is 0.000653. The second-order valence-electron chi connectivity index (χ2n) is 5.91. The van der Waals surface area contributed by atoms with Crippen molar-refractivity contribution in [2.45, 2.75) is 24.3 Å². The molecule has 1 aliphatic rings. The van der Waals surface area contributed by atoms with Crippen LogP contribution in [0.3, 0.4) is 0 Å². The Labute approximate surface area is 150 Å². The van der Waals surface area contributed by atoms with Crippen LogP contribution in [0.15, 0.2) is 47.4 Å². The van der Waals surface area contributed by atoms with Crippen molar-refractivity contribution in [1.29, 1.82) is 0 Å². The van der Waals surface area contributed by atoms with Crippen molar-refractivity contribution in [3.63, 3.8) is 0 Å². The standard InChI is InChI=1S/C17H17FN2O5S/c18-14-5-3-13(4-6-14)12-25-17-8-7-15(11-16(17)20(21)22)26(23,24)19-9-1-2-10-19/h3-8,11H,1-2,9-10,12H2. The van der Waals surface area contributed by atoms with Gasteiger partial charge in [0.15, 0.2) is 5.75 Å². The van der Waals surface area contributed by atoms with E-state index < -0.39 is 26.5 Å². The topological polar surface area (TPSA) is 89.8 Å². The summed E-state index contributed by atoms with van der Waals surface area (Å²) in [5.41, 5.74) is 0.210. The second kappa shape index (κ2) is 7.38. The predicted octanol–water partition coefficient (Wildman–Crippen LogP) is 3.10. The number of nitro benzene ring substituents is 1. The van der Waals surface area contributed by atoms with Crippen molar-refractivity contribution in [2.75, 3.05) is 13.1 Å². The van der Waals surface area contributed by atoms with Crippen LogP contribution in [0.25, 0.3) is 0 Å². The molecule has 1 fully saturated rings. The van der Waals surface area contributed by atoms with Gasteiger partial charge >= 0.3 is 5.69 Å². The molecule has 7 nitrogen and oxygen atoms in total. The molecule has 1 saturated heterocycles. The van der Waals surface area contributed by atoms with Crippen LogP contribution in [0.1, 0.15) is 18.4 Å². The number of halogens is 1. The van der Waals surface area contributed by atoms with Gasteiger partial charge in [0.05, 0.1) is 9.82 Å². The first-order chi connectivity index (χ1) is 12.4. The number of rotatable bonds is 6. The lowest BCUT2D eigenvalue weighted by molar-refractivity contribution is -0.386. The first kappa shape index (κ1) is 18.3. The maximum Gasteiger partial charge on any atom is 0.312 e. The van der Waals surface area contributed by atoms with E-state index in [2.05, 4.69) is 0 Å². The Morgan fingerprint density at radius 2 is 1.77 bits per heavy atom. The van der Waals surface area contributed by atoms with E-state index in [1.165, 1.54) is 40.7 Å². The Balaban J connectivity index is 1.85. The summed E-state index contributed by atoms with van der Waals surface area (Å²) in [6, 6.07) is 9.15. The molecule has 1 heterocycles.